The van der Waals surface area contributed by atoms with Crippen LogP contribution in [0.5, 0.6) is 0 Å². The van der Waals surface area contributed by atoms with E-state index in [4.69, 9.17) is 10.5 Å². The second-order valence-corrected chi connectivity index (χ2v) is 13.8. The molecule has 4 heterocycles. The van der Waals surface area contributed by atoms with Gasteiger partial charge in [0.05, 0.1) is 49.3 Å². The van der Waals surface area contributed by atoms with Crippen molar-refractivity contribution in [2.45, 2.75) is 113 Å². The quantitative estimate of drug-likeness (QED) is 0.247. The molecule has 0 aromatic heterocycles. The monoisotopic (exact) mass is 584 g/mol. The van der Waals surface area contributed by atoms with Gasteiger partial charge in [-0.2, -0.15) is 0 Å². The first kappa shape index (κ1) is 29.2. The smallest absolute Gasteiger partial charge is 0.142 e. The first-order chi connectivity index (χ1) is 20.3. The molecule has 2 saturated carbocycles. The Labute approximate surface area is 250 Å². The van der Waals surface area contributed by atoms with Crippen LogP contribution >= 0.6 is 0 Å². The number of hydrogen-bond acceptors (Lipinski definition) is 11. The number of rotatable bonds is 9. The molecule has 1 aromatic carbocycles. The Bertz CT molecular complexity index is 1100. The summed E-state index contributed by atoms with van der Waals surface area (Å²) in [6, 6.07) is 7.56. The Morgan fingerprint density at radius 3 is 2.64 bits per heavy atom. The number of nitrogens with two attached hydrogens (primary N) is 1. The van der Waals surface area contributed by atoms with Crippen LogP contribution in [0.25, 0.3) is 0 Å². The zero-order valence-electron chi connectivity index (χ0n) is 25.5. The molecule has 0 spiro atoms. The standard InChI is InChI=1S/C31H52N8O3/c1-4-38-16-34-29(32)26-30(38)39(17-33-26)31-28(41)27(40)24(42-31)15-36(2)21-12-18(13-21)8-11-25-35-22-10-9-20(19-6-5-7-19)14-23(22)37(25)3/h9-10,14,18-19,21,24-31,33-35,40-41H,4-8,11-13,15-17,32H2,1-3H3/t18-,21+,24-,25?,26?,27-,28-,29?,30?,31-/m1/s1. The van der Waals surface area contributed by atoms with Gasteiger partial charge in [-0.05, 0) is 81.6 Å². The second-order valence-electron chi connectivity index (χ2n) is 13.8. The zero-order valence-corrected chi connectivity index (χ0v) is 25.5. The van der Waals surface area contributed by atoms with E-state index in [1.54, 1.807) is 0 Å². The van der Waals surface area contributed by atoms with Crippen molar-refractivity contribution in [3.8, 4) is 0 Å². The highest BCUT2D eigenvalue weighted by Crippen LogP contribution is 2.43. The van der Waals surface area contributed by atoms with E-state index in [-0.39, 0.29) is 18.4 Å². The molecule has 11 heteroatoms. The lowest BCUT2D eigenvalue weighted by molar-refractivity contribution is -0.131. The average molecular weight is 585 g/mol. The maximum Gasteiger partial charge on any atom is 0.142 e. The molecule has 7 N–H and O–H groups in total. The maximum atomic E-state index is 11.0. The zero-order chi connectivity index (χ0) is 29.1. The molecule has 8 atom stereocenters. The van der Waals surface area contributed by atoms with Gasteiger partial charge in [0.2, 0.25) is 0 Å². The van der Waals surface area contributed by atoms with E-state index in [0.29, 0.717) is 32.1 Å². The van der Waals surface area contributed by atoms with Gasteiger partial charge in [-0.25, -0.2) is 4.90 Å². The van der Waals surface area contributed by atoms with Crippen molar-refractivity contribution < 1.29 is 14.9 Å². The third-order valence-electron chi connectivity index (χ3n) is 11.5. The number of nitrogens with one attached hydrogen (secondary N) is 3. The van der Waals surface area contributed by atoms with E-state index in [9.17, 15) is 10.2 Å². The van der Waals surface area contributed by atoms with Gasteiger partial charge in [-0.15, -0.1) is 0 Å². The molecule has 0 bridgehead atoms. The van der Waals surface area contributed by atoms with Crippen LogP contribution in [-0.4, -0.2) is 121 Å². The Hall–Kier alpha value is -1.54. The molecule has 1 aromatic rings. The minimum Gasteiger partial charge on any atom is -0.387 e. The number of benzene rings is 1. The van der Waals surface area contributed by atoms with Crippen LogP contribution in [0.4, 0.5) is 11.4 Å². The highest BCUT2D eigenvalue weighted by atomic mass is 16.6. The fourth-order valence-electron chi connectivity index (χ4n) is 8.29. The number of aliphatic hydroxyl groups excluding tert-OH is 2. The number of fused-ring (bicyclic) bond motifs is 2. The van der Waals surface area contributed by atoms with Crippen molar-refractivity contribution in [3.05, 3.63) is 23.8 Å². The van der Waals surface area contributed by atoms with E-state index < -0.39 is 24.5 Å². The molecule has 234 valence electrons. The van der Waals surface area contributed by atoms with Gasteiger partial charge in [0.25, 0.3) is 0 Å². The Morgan fingerprint density at radius 1 is 1.10 bits per heavy atom. The summed E-state index contributed by atoms with van der Waals surface area (Å²) in [4.78, 5) is 9.22. The molecule has 3 saturated heterocycles. The second kappa shape index (κ2) is 11.8. The highest BCUT2D eigenvalue weighted by molar-refractivity contribution is 5.76. The Morgan fingerprint density at radius 2 is 1.90 bits per heavy atom. The van der Waals surface area contributed by atoms with Gasteiger partial charge in [0, 0.05) is 19.6 Å². The number of anilines is 2. The summed E-state index contributed by atoms with van der Waals surface area (Å²) in [7, 11) is 4.37. The largest absolute Gasteiger partial charge is 0.387 e. The minimum atomic E-state index is -0.951. The first-order valence-electron chi connectivity index (χ1n) is 16.4. The van der Waals surface area contributed by atoms with Crippen molar-refractivity contribution in [2.24, 2.45) is 11.7 Å². The predicted octanol–water partition coefficient (Wildman–Crippen LogP) is 0.804. The van der Waals surface area contributed by atoms with Crippen molar-refractivity contribution in [1.82, 2.24) is 25.3 Å². The Kier molecular flexibility index (Phi) is 8.17. The molecule has 4 aliphatic heterocycles. The van der Waals surface area contributed by atoms with Crippen molar-refractivity contribution in [3.63, 3.8) is 0 Å². The number of hydrogen-bond donors (Lipinski definition) is 6. The fraction of sp³-hybridized carbons (Fsp3) is 0.806. The number of ether oxygens (including phenoxy) is 1. The Balaban J connectivity index is 0.877. The van der Waals surface area contributed by atoms with E-state index in [0.717, 1.165) is 24.8 Å². The lowest BCUT2D eigenvalue weighted by Gasteiger charge is -2.45. The van der Waals surface area contributed by atoms with Gasteiger partial charge >= 0.3 is 0 Å². The molecule has 4 unspecified atom stereocenters. The summed E-state index contributed by atoms with van der Waals surface area (Å²) in [5.41, 5.74) is 10.5. The van der Waals surface area contributed by atoms with Crippen molar-refractivity contribution in [1.29, 1.82) is 0 Å². The van der Waals surface area contributed by atoms with Gasteiger partial charge in [0.1, 0.15) is 24.5 Å². The summed E-state index contributed by atoms with van der Waals surface area (Å²) in [6.45, 7) is 4.87. The maximum absolute atomic E-state index is 11.0. The van der Waals surface area contributed by atoms with Crippen LogP contribution < -0.4 is 26.6 Å². The molecule has 0 amide bonds. The van der Waals surface area contributed by atoms with Crippen LogP contribution in [0.3, 0.4) is 0 Å². The van der Waals surface area contributed by atoms with E-state index in [1.807, 2.05) is 0 Å². The normalized spacial score (nSPS) is 40.6. The summed E-state index contributed by atoms with van der Waals surface area (Å²) in [5.74, 6) is 1.49. The van der Waals surface area contributed by atoms with Gasteiger partial charge in [0.15, 0.2) is 0 Å². The average Bonchev–Trinajstić information content (AvgIpc) is 3.58. The molecule has 7 rings (SSSR count). The molecular formula is C31H52N8O3. The third kappa shape index (κ3) is 5.14. The number of likely N-dealkylation sites (N-methyl/N-ethyl adjacent to an activating group) is 2. The van der Waals surface area contributed by atoms with Crippen LogP contribution in [-0.2, 0) is 4.74 Å². The van der Waals surface area contributed by atoms with Gasteiger partial charge in [-0.3, -0.25) is 15.5 Å². The fourth-order valence-corrected chi connectivity index (χ4v) is 8.29. The molecular weight excluding hydrogens is 532 g/mol. The van der Waals surface area contributed by atoms with Gasteiger partial charge < -0.3 is 35.8 Å². The number of aliphatic hydroxyl groups is 2. The summed E-state index contributed by atoms with van der Waals surface area (Å²) in [6.07, 6.45) is 6.15. The molecule has 2 aliphatic carbocycles. The molecule has 11 nitrogen and oxygen atoms in total. The molecule has 42 heavy (non-hydrogen) atoms. The summed E-state index contributed by atoms with van der Waals surface area (Å²) >= 11 is 0. The molecule has 6 aliphatic rings. The van der Waals surface area contributed by atoms with Gasteiger partial charge in [-0.1, -0.05) is 19.4 Å². The van der Waals surface area contributed by atoms with E-state index in [2.05, 4.69) is 74.8 Å². The van der Waals surface area contributed by atoms with Crippen LogP contribution in [0, 0.1) is 5.92 Å². The summed E-state index contributed by atoms with van der Waals surface area (Å²) < 4.78 is 6.40. The molecule has 0 radical (unpaired) electrons. The molecule has 5 fully saturated rings. The topological polar surface area (TPSA) is 125 Å². The lowest BCUT2D eigenvalue weighted by atomic mass is 9.76. The van der Waals surface area contributed by atoms with Crippen LogP contribution in [0.15, 0.2) is 18.2 Å². The SMILES string of the molecule is CCN1CNC(N)C2NCN([C@@H]3O[C@H](CN(C)[C@H]4C[C@@H](CCC5Nc6ccc(C7CCC7)cc6N5C)C4)[C@@H](O)[C@H]3O)C21. The van der Waals surface area contributed by atoms with E-state index in [1.165, 1.54) is 55.5 Å². The lowest BCUT2D eigenvalue weighted by Crippen LogP contribution is -2.69. The van der Waals surface area contributed by atoms with Crippen LogP contribution in [0.2, 0.25) is 0 Å². The third-order valence-corrected chi connectivity index (χ3v) is 11.5. The highest BCUT2D eigenvalue weighted by Gasteiger charge is 2.53. The van der Waals surface area contributed by atoms with E-state index >= 15 is 0 Å². The minimum absolute atomic E-state index is 0.0213. The van der Waals surface area contributed by atoms with Crippen molar-refractivity contribution >= 4 is 11.4 Å². The summed E-state index contributed by atoms with van der Waals surface area (Å²) in [5, 5.41) is 32.6. The predicted molar refractivity (Wildman–Crippen MR) is 164 cm³/mol. The first-order valence-corrected chi connectivity index (χ1v) is 16.4. The number of nitrogens with zero attached hydrogens (tertiary/aromatic N) is 4. The van der Waals surface area contributed by atoms with Crippen molar-refractivity contribution in [2.75, 3.05) is 50.7 Å². The van der Waals surface area contributed by atoms with Crippen LogP contribution in [0.1, 0.15) is 63.4 Å².